The van der Waals surface area contributed by atoms with Gasteiger partial charge in [-0.1, -0.05) is 47.3 Å². The highest BCUT2D eigenvalue weighted by molar-refractivity contribution is 7.99. The molecular formula is C28H28N4O3S. The minimum atomic E-state index is -0.0995. The van der Waals surface area contributed by atoms with Crippen molar-refractivity contribution in [1.82, 2.24) is 15.0 Å². The third-order valence-corrected chi connectivity index (χ3v) is 7.25. The molecule has 1 fully saturated rings. The van der Waals surface area contributed by atoms with E-state index in [1.165, 1.54) is 0 Å². The average molecular weight is 501 g/mol. The molecule has 0 aliphatic carbocycles. The minimum Gasteiger partial charge on any atom is -0.497 e. The number of para-hydroxylation sites is 1. The van der Waals surface area contributed by atoms with Crippen LogP contribution in [-0.4, -0.2) is 41.1 Å². The lowest BCUT2D eigenvalue weighted by Gasteiger charge is -2.31. The van der Waals surface area contributed by atoms with Gasteiger partial charge in [-0.3, -0.25) is 9.69 Å². The van der Waals surface area contributed by atoms with E-state index in [1.54, 1.807) is 18.9 Å². The van der Waals surface area contributed by atoms with Crippen molar-refractivity contribution in [1.29, 1.82) is 0 Å². The Kier molecular flexibility index (Phi) is 7.64. The highest BCUT2D eigenvalue weighted by Gasteiger charge is 2.27. The molecule has 1 amide bonds. The van der Waals surface area contributed by atoms with Gasteiger partial charge in [0.25, 0.3) is 0 Å². The second-order valence-electron chi connectivity index (χ2n) is 8.72. The number of methoxy groups -OCH3 is 1. The molecule has 0 spiro atoms. The van der Waals surface area contributed by atoms with Crippen LogP contribution in [-0.2, 0) is 11.3 Å². The Morgan fingerprint density at radius 3 is 2.67 bits per heavy atom. The molecule has 0 bridgehead atoms. The number of piperidine rings is 1. The maximum absolute atomic E-state index is 13.2. The number of hydrogen-bond acceptors (Lipinski definition) is 7. The number of ether oxygens (including phenoxy) is 1. The molecule has 5 rings (SSSR count). The summed E-state index contributed by atoms with van der Waals surface area (Å²) in [5.74, 6) is 1.82. The molecule has 1 N–H and O–H groups in total. The SMILES string of the molecule is COc1ccc(-c2noc(CN3CCCC(C(=O)Nc4ccccc4Sc4ccccc4)C3)n2)cc1. The minimum absolute atomic E-state index is 0.0465. The number of rotatable bonds is 8. The van der Waals surface area contributed by atoms with Gasteiger partial charge in [-0.05, 0) is 67.9 Å². The molecule has 3 aromatic carbocycles. The third-order valence-electron chi connectivity index (χ3n) is 6.17. The summed E-state index contributed by atoms with van der Waals surface area (Å²) in [7, 11) is 1.63. The topological polar surface area (TPSA) is 80.5 Å². The summed E-state index contributed by atoms with van der Waals surface area (Å²) in [4.78, 5) is 22.1. The van der Waals surface area contributed by atoms with Crippen LogP contribution < -0.4 is 10.1 Å². The van der Waals surface area contributed by atoms with E-state index in [9.17, 15) is 4.79 Å². The number of carbonyl (C=O) groups excluding carboxylic acids is 1. The average Bonchev–Trinajstić information content (AvgIpc) is 3.39. The summed E-state index contributed by atoms with van der Waals surface area (Å²) in [6.45, 7) is 2.07. The summed E-state index contributed by atoms with van der Waals surface area (Å²) in [6.07, 6.45) is 1.80. The van der Waals surface area contributed by atoms with E-state index in [4.69, 9.17) is 9.26 Å². The van der Waals surface area contributed by atoms with Crippen molar-refractivity contribution in [3.05, 3.63) is 84.8 Å². The van der Waals surface area contributed by atoms with Gasteiger partial charge in [0.1, 0.15) is 5.75 Å². The van der Waals surface area contributed by atoms with E-state index in [2.05, 4.69) is 32.5 Å². The van der Waals surface area contributed by atoms with Crippen LogP contribution in [0.4, 0.5) is 5.69 Å². The zero-order valence-electron chi connectivity index (χ0n) is 20.1. The quantitative estimate of drug-likeness (QED) is 0.330. The van der Waals surface area contributed by atoms with Gasteiger partial charge in [0.05, 0.1) is 25.3 Å². The summed E-state index contributed by atoms with van der Waals surface area (Å²) in [5.41, 5.74) is 1.71. The van der Waals surface area contributed by atoms with Crippen LogP contribution in [0.5, 0.6) is 5.75 Å². The summed E-state index contributed by atoms with van der Waals surface area (Å²) in [6, 6.07) is 25.7. The molecule has 0 radical (unpaired) electrons. The lowest BCUT2D eigenvalue weighted by molar-refractivity contribution is -0.121. The van der Waals surface area contributed by atoms with Gasteiger partial charge in [0, 0.05) is 21.9 Å². The zero-order chi connectivity index (χ0) is 24.7. The first-order valence-corrected chi connectivity index (χ1v) is 12.8. The van der Waals surface area contributed by atoms with E-state index >= 15 is 0 Å². The molecule has 1 aliphatic rings. The van der Waals surface area contributed by atoms with Crippen molar-refractivity contribution >= 4 is 23.4 Å². The van der Waals surface area contributed by atoms with Crippen LogP contribution >= 0.6 is 11.8 Å². The van der Waals surface area contributed by atoms with Crippen molar-refractivity contribution in [3.8, 4) is 17.1 Å². The molecule has 1 aliphatic heterocycles. The van der Waals surface area contributed by atoms with Crippen LogP contribution in [0.2, 0.25) is 0 Å². The Morgan fingerprint density at radius 1 is 1.08 bits per heavy atom. The number of benzene rings is 3. The van der Waals surface area contributed by atoms with Crippen molar-refractivity contribution in [2.24, 2.45) is 5.92 Å². The second-order valence-corrected chi connectivity index (χ2v) is 9.83. The molecule has 1 atom stereocenters. The van der Waals surface area contributed by atoms with Crippen molar-refractivity contribution in [3.63, 3.8) is 0 Å². The van der Waals surface area contributed by atoms with Gasteiger partial charge in [-0.25, -0.2) is 0 Å². The molecule has 1 unspecified atom stereocenters. The number of carbonyl (C=O) groups is 1. The van der Waals surface area contributed by atoms with Gasteiger partial charge in [0.2, 0.25) is 17.6 Å². The van der Waals surface area contributed by atoms with Gasteiger partial charge < -0.3 is 14.6 Å². The van der Waals surface area contributed by atoms with Gasteiger partial charge in [-0.15, -0.1) is 0 Å². The molecule has 1 saturated heterocycles. The third kappa shape index (κ3) is 5.95. The van der Waals surface area contributed by atoms with E-state index in [-0.39, 0.29) is 11.8 Å². The Balaban J connectivity index is 1.20. The molecule has 1 aromatic heterocycles. The standard InChI is InChI=1S/C28H28N4O3S/c1-34-22-15-13-20(14-16-22)27-30-26(35-31-27)19-32-17-7-8-21(18-32)28(33)29-24-11-5-6-12-25(24)36-23-9-3-2-4-10-23/h2-6,9-16,21H,7-8,17-19H2,1H3,(H,29,33). The maximum atomic E-state index is 13.2. The monoisotopic (exact) mass is 500 g/mol. The summed E-state index contributed by atoms with van der Waals surface area (Å²) < 4.78 is 10.7. The van der Waals surface area contributed by atoms with Crippen LogP contribution in [0.25, 0.3) is 11.4 Å². The fraction of sp³-hybridized carbons (Fsp3) is 0.250. The number of nitrogens with zero attached hydrogens (tertiary/aromatic N) is 3. The first kappa shape index (κ1) is 24.1. The van der Waals surface area contributed by atoms with Crippen LogP contribution in [0.3, 0.4) is 0 Å². The normalized spacial score (nSPS) is 16.0. The largest absolute Gasteiger partial charge is 0.497 e. The number of nitrogens with one attached hydrogen (secondary N) is 1. The van der Waals surface area contributed by atoms with Crippen molar-refractivity contribution < 1.29 is 14.1 Å². The maximum Gasteiger partial charge on any atom is 0.241 e. The Hall–Kier alpha value is -3.62. The van der Waals surface area contributed by atoms with E-state index in [0.717, 1.165) is 46.2 Å². The van der Waals surface area contributed by atoms with E-state index in [1.807, 2.05) is 66.7 Å². The number of aromatic nitrogens is 2. The summed E-state index contributed by atoms with van der Waals surface area (Å²) >= 11 is 1.65. The predicted octanol–water partition coefficient (Wildman–Crippen LogP) is 5.75. The molecule has 0 saturated carbocycles. The van der Waals surface area contributed by atoms with Gasteiger partial charge in [-0.2, -0.15) is 4.98 Å². The highest BCUT2D eigenvalue weighted by Crippen LogP contribution is 2.33. The number of anilines is 1. The predicted molar refractivity (Wildman–Crippen MR) is 140 cm³/mol. The van der Waals surface area contributed by atoms with Crippen molar-refractivity contribution in [2.45, 2.75) is 29.2 Å². The van der Waals surface area contributed by atoms with E-state index in [0.29, 0.717) is 24.8 Å². The van der Waals surface area contributed by atoms with Crippen LogP contribution in [0.15, 0.2) is 93.2 Å². The molecule has 184 valence electrons. The van der Waals surface area contributed by atoms with Crippen molar-refractivity contribution in [2.75, 3.05) is 25.5 Å². The second kappa shape index (κ2) is 11.4. The highest BCUT2D eigenvalue weighted by atomic mass is 32.2. The number of likely N-dealkylation sites (tertiary alicyclic amines) is 1. The first-order chi connectivity index (χ1) is 17.7. The fourth-order valence-corrected chi connectivity index (χ4v) is 5.21. The molecule has 2 heterocycles. The van der Waals surface area contributed by atoms with Crippen LogP contribution in [0.1, 0.15) is 18.7 Å². The first-order valence-electron chi connectivity index (χ1n) is 12.0. The molecule has 7 nitrogen and oxygen atoms in total. The Morgan fingerprint density at radius 2 is 1.86 bits per heavy atom. The smallest absolute Gasteiger partial charge is 0.241 e. The van der Waals surface area contributed by atoms with Crippen LogP contribution in [0, 0.1) is 5.92 Å². The zero-order valence-corrected chi connectivity index (χ0v) is 20.9. The number of amides is 1. The molecule has 36 heavy (non-hydrogen) atoms. The molecule has 8 heteroatoms. The van der Waals surface area contributed by atoms with Gasteiger partial charge >= 0.3 is 0 Å². The fourth-order valence-electron chi connectivity index (χ4n) is 4.29. The van der Waals surface area contributed by atoms with E-state index < -0.39 is 0 Å². The number of hydrogen-bond donors (Lipinski definition) is 1. The lowest BCUT2D eigenvalue weighted by Crippen LogP contribution is -2.40. The lowest BCUT2D eigenvalue weighted by atomic mass is 9.97. The van der Waals surface area contributed by atoms with Gasteiger partial charge in [0.15, 0.2) is 0 Å². The molecular weight excluding hydrogens is 472 g/mol. The summed E-state index contributed by atoms with van der Waals surface area (Å²) in [5, 5.41) is 7.30. The molecule has 4 aromatic rings. The Bertz CT molecular complexity index is 1290. The Labute approximate surface area is 214 Å².